The lowest BCUT2D eigenvalue weighted by Crippen LogP contribution is -2.29. The fourth-order valence-electron chi connectivity index (χ4n) is 4.59. The van der Waals surface area contributed by atoms with Gasteiger partial charge in [0.2, 0.25) is 5.13 Å². The van der Waals surface area contributed by atoms with Crippen molar-refractivity contribution in [2.24, 2.45) is 0 Å². The average Bonchev–Trinajstić information content (AvgIpc) is 3.58. The van der Waals surface area contributed by atoms with Crippen molar-refractivity contribution in [2.75, 3.05) is 11.5 Å². The molecule has 42 heavy (non-hydrogen) atoms. The van der Waals surface area contributed by atoms with Crippen LogP contribution in [0.3, 0.4) is 0 Å². The van der Waals surface area contributed by atoms with Gasteiger partial charge in [0, 0.05) is 23.7 Å². The lowest BCUT2D eigenvalue weighted by molar-refractivity contribution is -0.132. The number of carbonyl (C=O) groups is 2. The predicted octanol–water partition coefficient (Wildman–Crippen LogP) is 6.95. The van der Waals surface area contributed by atoms with Crippen molar-refractivity contribution in [1.29, 1.82) is 0 Å². The molecule has 1 unspecified atom stereocenters. The van der Waals surface area contributed by atoms with Gasteiger partial charge in [0.05, 0.1) is 18.2 Å². The molecule has 2 aromatic heterocycles. The standard InChI is InChI=1S/C31H29FN4O4S2/c1-2-3-4-7-18-40-23-12-10-20(11-13-23)26-25(27(37)21-14-16-33-17-15-21)28(38)29(39)36(26)30-34-35-31(42-30)41-19-22-8-5-6-9-24(22)32/h5-6,8-17,26,37H,2-4,7,18-19H2,1H3. The monoisotopic (exact) mass is 604 g/mol. The van der Waals surface area contributed by atoms with Crippen LogP contribution in [0.15, 0.2) is 83.0 Å². The highest BCUT2D eigenvalue weighted by Gasteiger charge is 2.48. The summed E-state index contributed by atoms with van der Waals surface area (Å²) < 4.78 is 20.5. The Kier molecular flexibility index (Phi) is 9.60. The van der Waals surface area contributed by atoms with Crippen molar-refractivity contribution in [3.63, 3.8) is 0 Å². The van der Waals surface area contributed by atoms with Gasteiger partial charge in [-0.2, -0.15) is 0 Å². The number of pyridine rings is 1. The van der Waals surface area contributed by atoms with E-state index in [4.69, 9.17) is 4.74 Å². The molecule has 1 N–H and O–H groups in total. The van der Waals surface area contributed by atoms with Crippen LogP contribution in [0.4, 0.5) is 9.52 Å². The number of halogens is 1. The summed E-state index contributed by atoms with van der Waals surface area (Å²) in [5.41, 5.74) is 1.41. The number of ketones is 1. The van der Waals surface area contributed by atoms with Gasteiger partial charge < -0.3 is 9.84 Å². The van der Waals surface area contributed by atoms with Crippen LogP contribution in [0.5, 0.6) is 5.75 Å². The molecule has 3 heterocycles. The highest BCUT2D eigenvalue weighted by atomic mass is 32.2. The molecule has 1 aliphatic heterocycles. The first kappa shape index (κ1) is 29.4. The number of rotatable bonds is 12. The molecule has 0 aliphatic carbocycles. The maximum atomic E-state index is 14.1. The van der Waals surface area contributed by atoms with Crippen molar-refractivity contribution < 1.29 is 23.8 Å². The number of benzene rings is 2. The number of anilines is 1. The van der Waals surface area contributed by atoms with Gasteiger partial charge in [-0.3, -0.25) is 19.5 Å². The van der Waals surface area contributed by atoms with Crippen LogP contribution in [0.25, 0.3) is 5.76 Å². The first-order valence-electron chi connectivity index (χ1n) is 13.6. The van der Waals surface area contributed by atoms with Crippen molar-refractivity contribution in [3.05, 3.63) is 101 Å². The van der Waals surface area contributed by atoms with Crippen LogP contribution in [0.2, 0.25) is 0 Å². The van der Waals surface area contributed by atoms with E-state index < -0.39 is 17.7 Å². The Balaban J connectivity index is 1.45. The van der Waals surface area contributed by atoms with Crippen LogP contribution in [0, 0.1) is 5.82 Å². The predicted molar refractivity (Wildman–Crippen MR) is 161 cm³/mol. The number of aliphatic hydroxyl groups is 1. The van der Waals surface area contributed by atoms with E-state index >= 15 is 0 Å². The van der Waals surface area contributed by atoms with Gasteiger partial charge in [0.15, 0.2) is 4.34 Å². The Morgan fingerprint density at radius 2 is 1.79 bits per heavy atom. The first-order valence-corrected chi connectivity index (χ1v) is 15.4. The molecule has 0 spiro atoms. The van der Waals surface area contributed by atoms with Gasteiger partial charge in [-0.25, -0.2) is 4.39 Å². The largest absolute Gasteiger partial charge is 0.507 e. The maximum Gasteiger partial charge on any atom is 0.301 e. The second kappa shape index (κ2) is 13.7. The zero-order valence-corrected chi connectivity index (χ0v) is 24.5. The Hall–Kier alpha value is -4.09. The SMILES string of the molecule is CCCCCCOc1ccc(C2C(=C(O)c3ccncc3)C(=O)C(=O)N2c2nnc(SCc3ccccc3F)s2)cc1. The molecule has 1 fully saturated rings. The summed E-state index contributed by atoms with van der Waals surface area (Å²) in [6, 6.07) is 15.8. The summed E-state index contributed by atoms with van der Waals surface area (Å²) in [4.78, 5) is 32.1. The number of unbranched alkanes of at least 4 members (excludes halogenated alkanes) is 3. The molecule has 2 aromatic carbocycles. The fourth-order valence-corrected chi connectivity index (χ4v) is 6.44. The lowest BCUT2D eigenvalue weighted by atomic mass is 9.95. The van der Waals surface area contributed by atoms with Crippen LogP contribution in [0.1, 0.15) is 55.3 Å². The Morgan fingerprint density at radius 3 is 2.52 bits per heavy atom. The van der Waals surface area contributed by atoms with E-state index in [-0.39, 0.29) is 22.3 Å². The molecular weight excluding hydrogens is 575 g/mol. The molecule has 1 amide bonds. The fraction of sp³-hybridized carbons (Fsp3) is 0.258. The number of amides is 1. The van der Waals surface area contributed by atoms with Gasteiger partial charge in [-0.05, 0) is 47.9 Å². The summed E-state index contributed by atoms with van der Waals surface area (Å²) in [6.45, 7) is 2.75. The smallest absolute Gasteiger partial charge is 0.301 e. The number of aromatic nitrogens is 3. The molecule has 0 bridgehead atoms. The van der Waals surface area contributed by atoms with Gasteiger partial charge in [-0.15, -0.1) is 10.2 Å². The molecule has 5 rings (SSSR count). The molecule has 8 nitrogen and oxygen atoms in total. The highest BCUT2D eigenvalue weighted by molar-refractivity contribution is 8.00. The van der Waals surface area contributed by atoms with Crippen LogP contribution in [-0.2, 0) is 15.3 Å². The van der Waals surface area contributed by atoms with Crippen LogP contribution in [-0.4, -0.2) is 38.6 Å². The molecule has 0 radical (unpaired) electrons. The summed E-state index contributed by atoms with van der Waals surface area (Å²) in [5.74, 6) is -1.28. The molecule has 216 valence electrons. The van der Waals surface area contributed by atoms with Crippen molar-refractivity contribution in [3.8, 4) is 5.75 Å². The van der Waals surface area contributed by atoms with Crippen LogP contribution >= 0.6 is 23.1 Å². The summed E-state index contributed by atoms with van der Waals surface area (Å²) in [7, 11) is 0. The number of thioether (sulfide) groups is 1. The molecule has 1 aliphatic rings. The minimum absolute atomic E-state index is 0.0600. The first-order chi connectivity index (χ1) is 20.5. The maximum absolute atomic E-state index is 14.1. The Bertz CT molecular complexity index is 1580. The summed E-state index contributed by atoms with van der Waals surface area (Å²) in [6.07, 6.45) is 7.35. The second-order valence-electron chi connectivity index (χ2n) is 9.61. The van der Waals surface area contributed by atoms with E-state index in [2.05, 4.69) is 22.1 Å². The molecular formula is C31H29FN4O4S2. The van der Waals surface area contributed by atoms with Crippen molar-refractivity contribution >= 4 is 45.7 Å². The Morgan fingerprint density at radius 1 is 1.02 bits per heavy atom. The number of hydrogen-bond acceptors (Lipinski definition) is 9. The number of aliphatic hydroxyl groups excluding tert-OH is 1. The number of ether oxygens (including phenoxy) is 1. The van der Waals surface area contributed by atoms with E-state index in [9.17, 15) is 19.1 Å². The third kappa shape index (κ3) is 6.52. The zero-order valence-electron chi connectivity index (χ0n) is 22.9. The zero-order chi connectivity index (χ0) is 29.5. The molecule has 0 saturated carbocycles. The quantitative estimate of drug-likeness (QED) is 0.0463. The van der Waals surface area contributed by atoms with E-state index in [1.165, 1.54) is 35.1 Å². The van der Waals surface area contributed by atoms with E-state index in [0.717, 1.165) is 37.0 Å². The third-order valence-electron chi connectivity index (χ3n) is 6.77. The highest BCUT2D eigenvalue weighted by Crippen LogP contribution is 2.44. The number of hydrogen-bond donors (Lipinski definition) is 1. The lowest BCUT2D eigenvalue weighted by Gasteiger charge is -2.22. The number of carbonyl (C=O) groups excluding carboxylic acids is 2. The summed E-state index contributed by atoms with van der Waals surface area (Å²) in [5, 5.41) is 19.8. The second-order valence-corrected chi connectivity index (χ2v) is 11.8. The van der Waals surface area contributed by atoms with Crippen molar-refractivity contribution in [2.45, 2.75) is 48.7 Å². The minimum atomic E-state index is -0.950. The van der Waals surface area contributed by atoms with E-state index in [1.807, 2.05) is 0 Å². The molecule has 1 atom stereocenters. The summed E-state index contributed by atoms with van der Waals surface area (Å²) >= 11 is 2.40. The average molecular weight is 605 g/mol. The minimum Gasteiger partial charge on any atom is -0.507 e. The topological polar surface area (TPSA) is 106 Å². The molecule has 4 aromatic rings. The number of Topliss-reactive ketones (excluding diaryl/α,β-unsaturated/α-hetero) is 1. The van der Waals surface area contributed by atoms with Gasteiger partial charge in [0.1, 0.15) is 17.3 Å². The van der Waals surface area contributed by atoms with Crippen LogP contribution < -0.4 is 9.64 Å². The van der Waals surface area contributed by atoms with E-state index in [1.54, 1.807) is 54.6 Å². The normalized spacial score (nSPS) is 16.2. The Labute approximate surface area is 251 Å². The van der Waals surface area contributed by atoms with Gasteiger partial charge >= 0.3 is 5.91 Å². The molecule has 1 saturated heterocycles. The van der Waals surface area contributed by atoms with Gasteiger partial charge in [0.25, 0.3) is 5.78 Å². The van der Waals surface area contributed by atoms with E-state index in [0.29, 0.717) is 39.1 Å². The number of nitrogens with zero attached hydrogens (tertiary/aromatic N) is 4. The third-order valence-corrected chi connectivity index (χ3v) is 8.88. The van der Waals surface area contributed by atoms with Gasteiger partial charge in [-0.1, -0.05) is 79.6 Å². The van der Waals surface area contributed by atoms with Crippen molar-refractivity contribution in [1.82, 2.24) is 15.2 Å². The molecule has 11 heteroatoms.